The Morgan fingerprint density at radius 3 is 2.22 bits per heavy atom. The van der Waals surface area contributed by atoms with Crippen LogP contribution in [0.25, 0.3) is 0 Å². The minimum absolute atomic E-state index is 0.0291. The van der Waals surface area contributed by atoms with Gasteiger partial charge in [0, 0.05) is 36.7 Å². The SMILES string of the molecule is COc1ccc(C(C)C)cc1CN[C@H]1C2CCN(CC2C(=O)O)[C@H]1C(c1ccccc1)c1ccccc1. The topological polar surface area (TPSA) is 61.8 Å². The molecule has 0 radical (unpaired) electrons. The molecule has 3 aromatic rings. The summed E-state index contributed by atoms with van der Waals surface area (Å²) in [5, 5.41) is 14.0. The van der Waals surface area contributed by atoms with Crippen molar-refractivity contribution in [3.8, 4) is 5.75 Å². The van der Waals surface area contributed by atoms with Gasteiger partial charge in [0.05, 0.1) is 13.0 Å². The number of benzene rings is 3. The average Bonchev–Trinajstić information content (AvgIpc) is 2.93. The number of rotatable bonds is 9. The van der Waals surface area contributed by atoms with Crippen molar-refractivity contribution in [1.29, 1.82) is 0 Å². The maximum Gasteiger partial charge on any atom is 0.308 e. The van der Waals surface area contributed by atoms with E-state index in [1.54, 1.807) is 7.11 Å². The summed E-state index contributed by atoms with van der Waals surface area (Å²) in [7, 11) is 1.71. The van der Waals surface area contributed by atoms with Crippen LogP contribution in [0.15, 0.2) is 78.9 Å². The van der Waals surface area contributed by atoms with Crippen LogP contribution in [0, 0.1) is 11.8 Å². The fourth-order valence-corrected chi connectivity index (χ4v) is 6.56. The highest BCUT2D eigenvalue weighted by atomic mass is 16.5. The van der Waals surface area contributed by atoms with Gasteiger partial charge in [-0.25, -0.2) is 0 Å². The summed E-state index contributed by atoms with van der Waals surface area (Å²) in [6, 6.07) is 28.0. The maximum absolute atomic E-state index is 12.3. The van der Waals surface area contributed by atoms with E-state index in [0.717, 1.165) is 24.3 Å². The Labute approximate surface area is 220 Å². The number of hydrogen-bond donors (Lipinski definition) is 2. The number of nitrogens with one attached hydrogen (secondary N) is 1. The Morgan fingerprint density at radius 1 is 1.00 bits per heavy atom. The normalized spacial score (nSPS) is 24.9. The minimum atomic E-state index is -0.685. The molecule has 0 aliphatic carbocycles. The molecule has 3 aromatic carbocycles. The van der Waals surface area contributed by atoms with Gasteiger partial charge in [-0.15, -0.1) is 0 Å². The first-order chi connectivity index (χ1) is 18.0. The maximum atomic E-state index is 12.3. The predicted molar refractivity (Wildman–Crippen MR) is 147 cm³/mol. The van der Waals surface area contributed by atoms with Crippen molar-refractivity contribution in [2.24, 2.45) is 11.8 Å². The molecule has 5 heteroatoms. The van der Waals surface area contributed by atoms with Crippen molar-refractivity contribution in [3.05, 3.63) is 101 Å². The lowest BCUT2D eigenvalue weighted by Gasteiger charge is -2.56. The quantitative estimate of drug-likeness (QED) is 0.407. The van der Waals surface area contributed by atoms with Gasteiger partial charge in [0.15, 0.2) is 0 Å². The minimum Gasteiger partial charge on any atom is -0.496 e. The van der Waals surface area contributed by atoms with E-state index in [4.69, 9.17) is 4.74 Å². The molecule has 3 saturated heterocycles. The van der Waals surface area contributed by atoms with Crippen LogP contribution in [0.5, 0.6) is 5.75 Å². The van der Waals surface area contributed by atoms with E-state index in [1.165, 1.54) is 16.7 Å². The Bertz CT molecular complexity index is 1160. The molecule has 0 saturated carbocycles. The second kappa shape index (κ2) is 11.1. The second-order valence-corrected chi connectivity index (χ2v) is 10.8. The first-order valence-electron chi connectivity index (χ1n) is 13.4. The molecule has 2 N–H and O–H groups in total. The Balaban J connectivity index is 1.54. The first kappa shape index (κ1) is 25.5. The van der Waals surface area contributed by atoms with E-state index in [1.807, 2.05) is 0 Å². The highest BCUT2D eigenvalue weighted by Gasteiger charge is 2.52. The highest BCUT2D eigenvalue weighted by Crippen LogP contribution is 2.44. The number of carboxylic acids is 1. The van der Waals surface area contributed by atoms with Gasteiger partial charge in [0.2, 0.25) is 0 Å². The summed E-state index contributed by atoms with van der Waals surface area (Å²) in [4.78, 5) is 14.8. The lowest BCUT2D eigenvalue weighted by Crippen LogP contribution is -2.68. The van der Waals surface area contributed by atoms with Crippen molar-refractivity contribution in [3.63, 3.8) is 0 Å². The number of methoxy groups -OCH3 is 1. The largest absolute Gasteiger partial charge is 0.496 e. The molecule has 6 rings (SSSR count). The summed E-state index contributed by atoms with van der Waals surface area (Å²) in [5.41, 5.74) is 4.93. The third-order valence-electron chi connectivity index (χ3n) is 8.42. The molecule has 3 fully saturated rings. The van der Waals surface area contributed by atoms with E-state index < -0.39 is 5.97 Å². The van der Waals surface area contributed by atoms with Crippen LogP contribution >= 0.6 is 0 Å². The summed E-state index contributed by atoms with van der Waals surface area (Å²) < 4.78 is 5.71. The molecule has 3 aliphatic heterocycles. The smallest absolute Gasteiger partial charge is 0.308 e. The number of piperidine rings is 3. The zero-order chi connectivity index (χ0) is 25.9. The van der Waals surface area contributed by atoms with Crippen LogP contribution in [-0.2, 0) is 11.3 Å². The zero-order valence-corrected chi connectivity index (χ0v) is 22.0. The van der Waals surface area contributed by atoms with Crippen LogP contribution in [-0.4, -0.2) is 48.3 Å². The summed E-state index contributed by atoms with van der Waals surface area (Å²) in [6.07, 6.45) is 0.893. The number of carbonyl (C=O) groups is 1. The lowest BCUT2D eigenvalue weighted by molar-refractivity contribution is -0.152. The standard InChI is InChI=1S/C32H38N2O3/c1-21(2)24-14-15-28(37-3)25(18-24)19-33-30-26-16-17-34(20-27(26)32(35)36)31(30)29(22-10-6-4-7-11-22)23-12-8-5-9-13-23/h4-15,18,21,26-27,29-31,33H,16-17,19-20H2,1-3H3,(H,35,36)/t26?,27?,30-,31-/m0/s1. The number of ether oxygens (including phenoxy) is 1. The number of aliphatic carboxylic acids is 1. The molecule has 3 unspecified atom stereocenters. The fourth-order valence-electron chi connectivity index (χ4n) is 6.56. The Kier molecular flexibility index (Phi) is 7.63. The number of carboxylic acid groups (broad SMARTS) is 1. The molecule has 0 aromatic heterocycles. The Hall–Kier alpha value is -3.15. The number of nitrogens with zero attached hydrogens (tertiary/aromatic N) is 1. The average molecular weight is 499 g/mol. The highest BCUT2D eigenvalue weighted by molar-refractivity contribution is 5.71. The molecule has 3 aliphatic rings. The van der Waals surface area contributed by atoms with E-state index in [-0.39, 0.29) is 29.8 Å². The van der Waals surface area contributed by atoms with Gasteiger partial charge in [0.25, 0.3) is 0 Å². The summed E-state index contributed by atoms with van der Waals surface area (Å²) in [6.45, 7) is 6.57. The van der Waals surface area contributed by atoms with Crippen LogP contribution in [0.1, 0.15) is 54.4 Å². The molecule has 194 valence electrons. The summed E-state index contributed by atoms with van der Waals surface area (Å²) in [5.74, 6) is 0.454. The molecule has 37 heavy (non-hydrogen) atoms. The van der Waals surface area contributed by atoms with Gasteiger partial charge >= 0.3 is 5.97 Å². The van der Waals surface area contributed by atoms with E-state index in [0.29, 0.717) is 19.0 Å². The monoisotopic (exact) mass is 498 g/mol. The Morgan fingerprint density at radius 2 is 1.65 bits per heavy atom. The first-order valence-corrected chi connectivity index (χ1v) is 13.4. The molecule has 2 bridgehead atoms. The predicted octanol–water partition coefficient (Wildman–Crippen LogP) is 5.51. The molecule has 5 atom stereocenters. The van der Waals surface area contributed by atoms with Gasteiger partial charge in [-0.3, -0.25) is 9.69 Å². The van der Waals surface area contributed by atoms with Crippen molar-refractivity contribution < 1.29 is 14.6 Å². The van der Waals surface area contributed by atoms with Crippen molar-refractivity contribution >= 4 is 5.97 Å². The molecule has 3 heterocycles. The van der Waals surface area contributed by atoms with Gasteiger partial charge < -0.3 is 15.2 Å². The fraction of sp³-hybridized carbons (Fsp3) is 0.406. The molecule has 0 amide bonds. The summed E-state index contributed by atoms with van der Waals surface area (Å²) >= 11 is 0. The lowest BCUT2D eigenvalue weighted by atomic mass is 9.66. The van der Waals surface area contributed by atoms with E-state index in [2.05, 4.69) is 103 Å². The van der Waals surface area contributed by atoms with Crippen molar-refractivity contribution in [2.75, 3.05) is 20.2 Å². The zero-order valence-electron chi connectivity index (χ0n) is 22.0. The molecule has 5 nitrogen and oxygen atoms in total. The third kappa shape index (κ3) is 5.16. The van der Waals surface area contributed by atoms with Crippen molar-refractivity contribution in [1.82, 2.24) is 10.2 Å². The van der Waals surface area contributed by atoms with Crippen LogP contribution < -0.4 is 10.1 Å². The van der Waals surface area contributed by atoms with Gasteiger partial charge in [-0.1, -0.05) is 86.6 Å². The number of fused-ring (bicyclic) bond motifs is 3. The van der Waals surface area contributed by atoms with Crippen LogP contribution in [0.3, 0.4) is 0 Å². The third-order valence-corrected chi connectivity index (χ3v) is 8.42. The van der Waals surface area contributed by atoms with Gasteiger partial charge in [-0.05, 0) is 47.6 Å². The molecule has 0 spiro atoms. The van der Waals surface area contributed by atoms with E-state index >= 15 is 0 Å². The van der Waals surface area contributed by atoms with Crippen molar-refractivity contribution in [2.45, 2.75) is 50.7 Å². The molecular formula is C32H38N2O3. The van der Waals surface area contributed by atoms with Gasteiger partial charge in [0.1, 0.15) is 5.75 Å². The van der Waals surface area contributed by atoms with Gasteiger partial charge in [-0.2, -0.15) is 0 Å². The van der Waals surface area contributed by atoms with Crippen LogP contribution in [0.4, 0.5) is 0 Å². The number of hydrogen-bond acceptors (Lipinski definition) is 4. The second-order valence-electron chi connectivity index (χ2n) is 10.8. The molecular weight excluding hydrogens is 460 g/mol. The van der Waals surface area contributed by atoms with E-state index in [9.17, 15) is 9.90 Å². The van der Waals surface area contributed by atoms with Crippen LogP contribution in [0.2, 0.25) is 0 Å².